The number of benzene rings is 3. The maximum Gasteiger partial charge on any atom is 2.00 e. The van der Waals surface area contributed by atoms with Gasteiger partial charge in [0.2, 0.25) is 0 Å². The van der Waals surface area contributed by atoms with Gasteiger partial charge in [0.15, 0.2) is 0 Å². The molecule has 0 bridgehead atoms. The zero-order valence-corrected chi connectivity index (χ0v) is 34.6. The zero-order valence-electron chi connectivity index (χ0n) is 32.3. The van der Waals surface area contributed by atoms with Gasteiger partial charge in [0.05, 0.1) is 5.69 Å². The Bertz CT molecular complexity index is 2250. The summed E-state index contributed by atoms with van der Waals surface area (Å²) in [5, 5.41) is 7.43. The summed E-state index contributed by atoms with van der Waals surface area (Å²) in [5.74, 6) is 5.24. The summed E-state index contributed by atoms with van der Waals surface area (Å²) in [6, 6.07) is 28.5. The first-order valence-electron chi connectivity index (χ1n) is 18.8. The fourth-order valence-corrected chi connectivity index (χ4v) is 8.36. The second-order valence-electron chi connectivity index (χ2n) is 16.0. The van der Waals surface area contributed by atoms with Crippen molar-refractivity contribution in [2.24, 2.45) is 23.7 Å². The Morgan fingerprint density at radius 2 is 1.65 bits per heavy atom. The molecule has 0 aliphatic heterocycles. The third kappa shape index (κ3) is 7.18. The molecule has 272 valence electrons. The van der Waals surface area contributed by atoms with Crippen LogP contribution in [0.5, 0.6) is 11.5 Å². The smallest absolute Gasteiger partial charge is 0.509 e. The van der Waals surface area contributed by atoms with E-state index >= 15 is 0 Å². The summed E-state index contributed by atoms with van der Waals surface area (Å²) in [4.78, 5) is 4.83. The molecule has 3 heterocycles. The fourth-order valence-electron chi connectivity index (χ4n) is 8.36. The monoisotopic (exact) mass is 871 g/mol. The molecule has 3 atom stereocenters. The zero-order chi connectivity index (χ0) is 36.1. The van der Waals surface area contributed by atoms with Crippen LogP contribution in [-0.4, -0.2) is 19.3 Å². The van der Waals surface area contributed by atoms with E-state index in [0.29, 0.717) is 47.0 Å². The van der Waals surface area contributed by atoms with Gasteiger partial charge in [-0.1, -0.05) is 83.8 Å². The van der Waals surface area contributed by atoms with Crippen LogP contribution in [0.3, 0.4) is 0 Å². The molecule has 6 heteroatoms. The Morgan fingerprint density at radius 3 is 2.37 bits per heavy atom. The summed E-state index contributed by atoms with van der Waals surface area (Å²) in [6.07, 6.45) is 6.64. The first kappa shape index (κ1) is 37.8. The minimum absolute atomic E-state index is 0. The molecule has 1 unspecified atom stereocenters. The number of hydrogen-bond donors (Lipinski definition) is 0. The van der Waals surface area contributed by atoms with Gasteiger partial charge in [0.1, 0.15) is 5.82 Å². The van der Waals surface area contributed by atoms with Gasteiger partial charge in [-0.2, -0.15) is 11.2 Å². The van der Waals surface area contributed by atoms with Crippen LogP contribution in [0.2, 0.25) is 0 Å². The average molecular weight is 872 g/mol. The van der Waals surface area contributed by atoms with Crippen LogP contribution in [0.25, 0.3) is 33.3 Å². The van der Waals surface area contributed by atoms with E-state index < -0.39 is 0 Å². The molecule has 52 heavy (non-hydrogen) atoms. The molecule has 7 rings (SSSR count). The Kier molecular flexibility index (Phi) is 11.0. The van der Waals surface area contributed by atoms with Gasteiger partial charge in [-0.25, -0.2) is 4.98 Å². The molecule has 1 aliphatic rings. The van der Waals surface area contributed by atoms with Crippen molar-refractivity contribution >= 4 is 21.8 Å². The summed E-state index contributed by atoms with van der Waals surface area (Å²) >= 11 is 0. The van der Waals surface area contributed by atoms with Crippen LogP contribution >= 0.6 is 0 Å². The number of para-hydroxylation sites is 1. The summed E-state index contributed by atoms with van der Waals surface area (Å²) in [7, 11) is 0. The van der Waals surface area contributed by atoms with E-state index in [9.17, 15) is 0 Å². The maximum atomic E-state index is 6.67. The predicted molar refractivity (Wildman–Crippen MR) is 211 cm³/mol. The molecule has 1 aliphatic carbocycles. The molecule has 0 amide bonds. The number of aromatic nitrogens is 4. The van der Waals surface area contributed by atoms with Crippen molar-refractivity contribution in [1.29, 1.82) is 0 Å². The van der Waals surface area contributed by atoms with Gasteiger partial charge in [-0.05, 0) is 98.0 Å². The normalized spacial score (nSPS) is 17.7. The predicted octanol–water partition coefficient (Wildman–Crippen LogP) is 12.0. The van der Waals surface area contributed by atoms with E-state index in [4.69, 9.17) is 14.8 Å². The third-order valence-electron chi connectivity index (χ3n) is 10.9. The van der Waals surface area contributed by atoms with E-state index in [0.717, 1.165) is 40.0 Å². The number of nitrogens with zero attached hydrogens (tertiary/aromatic N) is 4. The maximum absolute atomic E-state index is 6.67. The Morgan fingerprint density at radius 1 is 0.885 bits per heavy atom. The van der Waals surface area contributed by atoms with Crippen LogP contribution in [0, 0.1) is 49.7 Å². The molecular weight excluding hydrogens is 820 g/mol. The minimum atomic E-state index is 0. The Balaban J connectivity index is 0.00000464. The fraction of sp³-hybridized carbons (Fsp3) is 0.391. The number of aryl methyl sites for hydroxylation is 1. The van der Waals surface area contributed by atoms with Crippen molar-refractivity contribution in [2.45, 2.75) is 93.9 Å². The van der Waals surface area contributed by atoms with Crippen LogP contribution in [0.1, 0.15) is 102 Å². The topological polar surface area (TPSA) is 44.9 Å². The van der Waals surface area contributed by atoms with Gasteiger partial charge in [0.25, 0.3) is 0 Å². The molecule has 0 radical (unpaired) electrons. The number of rotatable bonds is 9. The largest absolute Gasteiger partial charge is 2.00 e. The SMILES string of the molecule is CC1=C[C@H](C(C)C)C[C@H](C)C1c1c(C)nn(-c2[c-]c(Oc3[c-]c4c(cc3)c3ccccc3n4-c3cc(CC(C)C)ccn3)cc(C(C)C)c2)c1C.[Pt+2]. The summed E-state index contributed by atoms with van der Waals surface area (Å²) < 4.78 is 11.0. The molecule has 3 aromatic carbocycles. The minimum Gasteiger partial charge on any atom is -0.509 e. The van der Waals surface area contributed by atoms with Crippen molar-refractivity contribution < 1.29 is 25.8 Å². The number of hydrogen-bond acceptors (Lipinski definition) is 3. The molecule has 0 spiro atoms. The molecule has 5 nitrogen and oxygen atoms in total. The molecule has 6 aromatic rings. The quantitative estimate of drug-likeness (QED) is 0.107. The van der Waals surface area contributed by atoms with E-state index in [1.165, 1.54) is 39.8 Å². The molecule has 0 saturated carbocycles. The molecule has 0 N–H and O–H groups in total. The van der Waals surface area contributed by atoms with E-state index in [2.05, 4.69) is 151 Å². The third-order valence-corrected chi connectivity index (χ3v) is 10.9. The summed E-state index contributed by atoms with van der Waals surface area (Å²) in [5.41, 5.74) is 10.5. The Labute approximate surface area is 324 Å². The van der Waals surface area contributed by atoms with Gasteiger partial charge in [-0.15, -0.1) is 41.3 Å². The van der Waals surface area contributed by atoms with E-state index in [-0.39, 0.29) is 21.1 Å². The Hall–Kier alpha value is -3.95. The first-order valence-corrected chi connectivity index (χ1v) is 18.8. The van der Waals surface area contributed by atoms with Crippen molar-refractivity contribution in [1.82, 2.24) is 19.3 Å². The second kappa shape index (κ2) is 15.2. The van der Waals surface area contributed by atoms with E-state index in [1.54, 1.807) is 0 Å². The van der Waals surface area contributed by atoms with Crippen molar-refractivity contribution in [3.63, 3.8) is 0 Å². The molecule has 3 aromatic heterocycles. The van der Waals surface area contributed by atoms with Gasteiger partial charge in [0, 0.05) is 40.4 Å². The average Bonchev–Trinajstić information content (AvgIpc) is 3.56. The first-order chi connectivity index (χ1) is 24.4. The van der Waals surface area contributed by atoms with Crippen molar-refractivity contribution in [3.05, 3.63) is 119 Å². The number of fused-ring (bicyclic) bond motifs is 3. The van der Waals surface area contributed by atoms with Gasteiger partial charge < -0.3 is 9.30 Å². The number of ether oxygens (including phenoxy) is 1. The van der Waals surface area contributed by atoms with Crippen LogP contribution in [0.15, 0.2) is 78.5 Å². The molecule has 0 saturated heterocycles. The van der Waals surface area contributed by atoms with E-state index in [1.807, 2.05) is 12.3 Å². The van der Waals surface area contributed by atoms with Crippen LogP contribution in [0.4, 0.5) is 0 Å². The number of allylic oxidation sites excluding steroid dienone is 2. The standard InChI is InChI=1S/C46H52N4O.Pt/c1-27(2)19-34-17-18-47-44(22-34)49-42-14-12-11-13-40(42)41-16-15-38(26-43(41)49)51-39-24-36(29(5)6)23-37(25-39)50-33(10)46(32(9)48-50)45-30(7)20-35(28(3)4)21-31(45)8;/h11-18,20,22-24,27-29,31,35,45H,19,21H2,1-10H3;/q-2;+2/t31-,35-,45?;/m0./s1. The van der Waals surface area contributed by atoms with Crippen molar-refractivity contribution in [2.75, 3.05) is 0 Å². The molecular formula is C46H52N4OPt. The van der Waals surface area contributed by atoms with Gasteiger partial charge in [-0.3, -0.25) is 4.68 Å². The van der Waals surface area contributed by atoms with Crippen molar-refractivity contribution in [3.8, 4) is 23.0 Å². The van der Waals surface area contributed by atoms with Crippen LogP contribution in [-0.2, 0) is 27.5 Å². The van der Waals surface area contributed by atoms with Crippen LogP contribution < -0.4 is 4.74 Å². The second-order valence-corrected chi connectivity index (χ2v) is 16.0. The summed E-state index contributed by atoms with van der Waals surface area (Å²) in [6.45, 7) is 22.7. The molecule has 0 fully saturated rings. The number of pyridine rings is 1. The van der Waals surface area contributed by atoms with Gasteiger partial charge >= 0.3 is 21.1 Å².